The number of carbonyl (C=O) groups excluding carboxylic acids is 1. The zero-order valence-corrected chi connectivity index (χ0v) is 11.4. The summed E-state index contributed by atoms with van der Waals surface area (Å²) in [4.78, 5) is 22.0. The Labute approximate surface area is 117 Å². The number of hydrogen-bond acceptors (Lipinski definition) is 4. The topological polar surface area (TPSA) is 84.9 Å². The van der Waals surface area contributed by atoms with Crippen LogP contribution < -0.4 is 10.1 Å². The Morgan fingerprint density at radius 2 is 2.10 bits per heavy atom. The summed E-state index contributed by atoms with van der Waals surface area (Å²) in [6.07, 6.45) is 1.20. The molecule has 0 aliphatic heterocycles. The van der Waals surface area contributed by atoms with E-state index in [2.05, 4.69) is 5.32 Å². The van der Waals surface area contributed by atoms with Crippen LogP contribution in [0.4, 0.5) is 5.69 Å². The number of rotatable bonds is 9. The van der Waals surface area contributed by atoms with Gasteiger partial charge in [0.15, 0.2) is 6.61 Å². The lowest BCUT2D eigenvalue weighted by Crippen LogP contribution is -2.14. The molecule has 0 saturated carbocycles. The van der Waals surface area contributed by atoms with Gasteiger partial charge in [-0.05, 0) is 18.6 Å². The summed E-state index contributed by atoms with van der Waals surface area (Å²) in [5, 5.41) is 11.2. The van der Waals surface area contributed by atoms with Gasteiger partial charge in [-0.1, -0.05) is 13.0 Å². The first kappa shape index (κ1) is 16.0. The molecule has 0 spiro atoms. The summed E-state index contributed by atoms with van der Waals surface area (Å²) < 4.78 is 10.3. The summed E-state index contributed by atoms with van der Waals surface area (Å²) in [7, 11) is 0. The molecule has 0 saturated heterocycles. The Bertz CT molecular complexity index is 447. The van der Waals surface area contributed by atoms with Crippen molar-refractivity contribution < 1.29 is 24.2 Å². The van der Waals surface area contributed by atoms with Gasteiger partial charge in [0.1, 0.15) is 5.75 Å². The van der Waals surface area contributed by atoms with Crippen molar-refractivity contribution in [1.29, 1.82) is 0 Å². The first-order valence-corrected chi connectivity index (χ1v) is 6.44. The Hall–Kier alpha value is -2.08. The molecule has 0 fully saturated rings. The fraction of sp³-hybridized carbons (Fsp3) is 0.429. The van der Waals surface area contributed by atoms with E-state index in [1.54, 1.807) is 24.3 Å². The highest BCUT2D eigenvalue weighted by Crippen LogP contribution is 2.17. The molecule has 1 amide bonds. The fourth-order valence-electron chi connectivity index (χ4n) is 1.44. The van der Waals surface area contributed by atoms with Gasteiger partial charge < -0.3 is 19.9 Å². The van der Waals surface area contributed by atoms with Gasteiger partial charge in [0, 0.05) is 18.4 Å². The molecule has 0 aliphatic carbocycles. The summed E-state index contributed by atoms with van der Waals surface area (Å²) >= 11 is 0. The quantitative estimate of drug-likeness (QED) is 0.675. The molecule has 0 bridgehead atoms. The van der Waals surface area contributed by atoms with Gasteiger partial charge >= 0.3 is 5.97 Å². The Morgan fingerprint density at radius 1 is 1.30 bits per heavy atom. The van der Waals surface area contributed by atoms with Crippen LogP contribution in [0.15, 0.2) is 24.3 Å². The summed E-state index contributed by atoms with van der Waals surface area (Å²) in [6, 6.07) is 6.59. The molecule has 1 rings (SSSR count). The third kappa shape index (κ3) is 6.75. The van der Waals surface area contributed by atoms with Crippen molar-refractivity contribution in [2.45, 2.75) is 19.8 Å². The van der Waals surface area contributed by atoms with Crippen LogP contribution in [0.2, 0.25) is 0 Å². The van der Waals surface area contributed by atoms with E-state index in [-0.39, 0.29) is 12.3 Å². The Morgan fingerprint density at radius 3 is 2.80 bits per heavy atom. The first-order chi connectivity index (χ1) is 9.61. The van der Waals surface area contributed by atoms with E-state index in [9.17, 15) is 9.59 Å². The minimum atomic E-state index is -1.05. The van der Waals surface area contributed by atoms with E-state index >= 15 is 0 Å². The van der Waals surface area contributed by atoms with Crippen LogP contribution >= 0.6 is 0 Å². The number of amides is 1. The van der Waals surface area contributed by atoms with Gasteiger partial charge in [0.05, 0.1) is 13.0 Å². The lowest BCUT2D eigenvalue weighted by Gasteiger charge is -2.08. The SMILES string of the molecule is CCCOCCC(=O)Nc1cccc(OCC(=O)O)c1. The molecule has 6 heteroatoms. The van der Waals surface area contributed by atoms with Crippen LogP contribution in [0.3, 0.4) is 0 Å². The highest BCUT2D eigenvalue weighted by atomic mass is 16.5. The van der Waals surface area contributed by atoms with E-state index in [4.69, 9.17) is 14.6 Å². The number of carboxylic acid groups (broad SMARTS) is 1. The van der Waals surface area contributed by atoms with Crippen LogP contribution in [-0.4, -0.2) is 36.8 Å². The van der Waals surface area contributed by atoms with E-state index in [0.29, 0.717) is 24.7 Å². The van der Waals surface area contributed by atoms with E-state index in [1.165, 1.54) is 0 Å². The molecule has 1 aromatic carbocycles. The molecule has 1 aromatic rings. The first-order valence-electron chi connectivity index (χ1n) is 6.44. The smallest absolute Gasteiger partial charge is 0.341 e. The lowest BCUT2D eigenvalue weighted by molar-refractivity contribution is -0.139. The average Bonchev–Trinajstić information content (AvgIpc) is 2.42. The maximum Gasteiger partial charge on any atom is 0.341 e. The zero-order valence-electron chi connectivity index (χ0n) is 11.4. The van der Waals surface area contributed by atoms with E-state index in [0.717, 1.165) is 6.42 Å². The standard InChI is InChI=1S/C14H19NO5/c1-2-7-19-8-6-13(16)15-11-4-3-5-12(9-11)20-10-14(17)18/h3-5,9H,2,6-8,10H2,1H3,(H,15,16)(H,17,18). The normalized spacial score (nSPS) is 10.1. The van der Waals surface area contributed by atoms with Crippen molar-refractivity contribution in [2.75, 3.05) is 25.1 Å². The molecule has 20 heavy (non-hydrogen) atoms. The van der Waals surface area contributed by atoms with Crippen LogP contribution in [-0.2, 0) is 14.3 Å². The van der Waals surface area contributed by atoms with E-state index < -0.39 is 12.6 Å². The molecular formula is C14H19NO5. The highest BCUT2D eigenvalue weighted by Gasteiger charge is 2.04. The molecule has 6 nitrogen and oxygen atoms in total. The number of aliphatic carboxylic acids is 1. The Balaban J connectivity index is 2.40. The van der Waals surface area contributed by atoms with Crippen molar-refractivity contribution in [1.82, 2.24) is 0 Å². The van der Waals surface area contributed by atoms with Crippen molar-refractivity contribution in [3.63, 3.8) is 0 Å². The van der Waals surface area contributed by atoms with Crippen molar-refractivity contribution in [3.8, 4) is 5.75 Å². The van der Waals surface area contributed by atoms with Gasteiger partial charge in [0.25, 0.3) is 0 Å². The summed E-state index contributed by atoms with van der Waals surface area (Å²) in [5.74, 6) is -0.809. The molecule has 0 aromatic heterocycles. The zero-order chi connectivity index (χ0) is 14.8. The second kappa shape index (κ2) is 8.92. The predicted molar refractivity (Wildman–Crippen MR) is 73.9 cm³/mol. The average molecular weight is 281 g/mol. The van der Waals surface area contributed by atoms with Crippen LogP contribution in [0.25, 0.3) is 0 Å². The number of carboxylic acids is 1. The van der Waals surface area contributed by atoms with Crippen molar-refractivity contribution in [2.24, 2.45) is 0 Å². The monoisotopic (exact) mass is 281 g/mol. The number of nitrogens with one attached hydrogen (secondary N) is 1. The number of carbonyl (C=O) groups is 2. The molecular weight excluding hydrogens is 262 g/mol. The van der Waals surface area contributed by atoms with Gasteiger partial charge in [-0.15, -0.1) is 0 Å². The molecule has 0 radical (unpaired) electrons. The van der Waals surface area contributed by atoms with Crippen LogP contribution in [0, 0.1) is 0 Å². The maximum absolute atomic E-state index is 11.6. The minimum absolute atomic E-state index is 0.156. The third-order valence-electron chi connectivity index (χ3n) is 2.30. The fourth-order valence-corrected chi connectivity index (χ4v) is 1.44. The third-order valence-corrected chi connectivity index (χ3v) is 2.30. The largest absolute Gasteiger partial charge is 0.482 e. The van der Waals surface area contributed by atoms with Gasteiger partial charge in [-0.3, -0.25) is 4.79 Å². The van der Waals surface area contributed by atoms with Gasteiger partial charge in [-0.2, -0.15) is 0 Å². The predicted octanol–water partition coefficient (Wildman–Crippen LogP) is 1.91. The molecule has 2 N–H and O–H groups in total. The molecule has 0 atom stereocenters. The molecule has 0 heterocycles. The number of hydrogen-bond donors (Lipinski definition) is 2. The second-order valence-electron chi connectivity index (χ2n) is 4.12. The molecule has 110 valence electrons. The number of anilines is 1. The number of benzene rings is 1. The van der Waals surface area contributed by atoms with Gasteiger partial charge in [-0.25, -0.2) is 4.79 Å². The second-order valence-corrected chi connectivity index (χ2v) is 4.12. The van der Waals surface area contributed by atoms with E-state index in [1.807, 2.05) is 6.92 Å². The summed E-state index contributed by atoms with van der Waals surface area (Å²) in [5.41, 5.74) is 0.563. The number of ether oxygens (including phenoxy) is 2. The molecule has 0 unspecified atom stereocenters. The highest BCUT2D eigenvalue weighted by molar-refractivity contribution is 5.90. The Kier molecular flexibility index (Phi) is 7.13. The lowest BCUT2D eigenvalue weighted by atomic mass is 10.3. The van der Waals surface area contributed by atoms with Crippen molar-refractivity contribution >= 4 is 17.6 Å². The maximum atomic E-state index is 11.6. The minimum Gasteiger partial charge on any atom is -0.482 e. The molecule has 0 aliphatic rings. The summed E-state index contributed by atoms with van der Waals surface area (Å²) in [6.45, 7) is 2.62. The van der Waals surface area contributed by atoms with Crippen molar-refractivity contribution in [3.05, 3.63) is 24.3 Å². The van der Waals surface area contributed by atoms with Crippen LogP contribution in [0.1, 0.15) is 19.8 Å². The van der Waals surface area contributed by atoms with Gasteiger partial charge in [0.2, 0.25) is 5.91 Å². The van der Waals surface area contributed by atoms with Crippen LogP contribution in [0.5, 0.6) is 5.75 Å².